The number of aliphatic imine (C=N–C) groups is 1. The Morgan fingerprint density at radius 3 is 2.69 bits per heavy atom. The molecule has 2 aromatic carbocycles. The molecule has 0 amide bonds. The van der Waals surface area contributed by atoms with Crippen molar-refractivity contribution in [1.29, 1.82) is 0 Å². The lowest BCUT2D eigenvalue weighted by molar-refractivity contribution is -0.129. The number of carbonyl (C=O) groups is 1. The van der Waals surface area contributed by atoms with E-state index in [1.165, 1.54) is 0 Å². The van der Waals surface area contributed by atoms with Crippen molar-refractivity contribution in [2.75, 3.05) is 13.2 Å². The largest absolute Gasteiger partial charge is 0.490 e. The molecule has 5 nitrogen and oxygen atoms in total. The molecule has 5 heteroatoms. The van der Waals surface area contributed by atoms with Crippen molar-refractivity contribution >= 4 is 17.9 Å². The van der Waals surface area contributed by atoms with Crippen LogP contribution in [0.4, 0.5) is 0 Å². The smallest absolute Gasteiger partial charge is 0.363 e. The molecule has 3 rings (SSSR count). The number of hydrogen-bond acceptors (Lipinski definition) is 5. The molecule has 0 unspecified atom stereocenters. The predicted octanol–water partition coefficient (Wildman–Crippen LogP) is 3.44. The van der Waals surface area contributed by atoms with Crippen LogP contribution in [0.2, 0.25) is 0 Å². The van der Waals surface area contributed by atoms with E-state index in [0.717, 1.165) is 11.1 Å². The lowest BCUT2D eigenvalue weighted by atomic mass is 10.1. The zero-order valence-electron chi connectivity index (χ0n) is 14.3. The quantitative estimate of drug-likeness (QED) is 0.456. The molecule has 2 aromatic rings. The number of rotatable bonds is 6. The molecule has 0 aliphatic carbocycles. The molecule has 0 N–H and O–H groups in total. The van der Waals surface area contributed by atoms with Crippen LogP contribution in [-0.2, 0) is 9.53 Å². The van der Waals surface area contributed by atoms with Gasteiger partial charge in [-0.25, -0.2) is 9.79 Å². The van der Waals surface area contributed by atoms with E-state index in [9.17, 15) is 4.79 Å². The van der Waals surface area contributed by atoms with Crippen LogP contribution >= 0.6 is 0 Å². The van der Waals surface area contributed by atoms with Gasteiger partial charge in [-0.3, -0.25) is 0 Å². The average molecular weight is 347 g/mol. The fourth-order valence-corrected chi connectivity index (χ4v) is 2.39. The molecule has 0 bridgehead atoms. The lowest BCUT2D eigenvalue weighted by Crippen LogP contribution is -2.05. The summed E-state index contributed by atoms with van der Waals surface area (Å²) in [6.45, 7) is 2.50. The van der Waals surface area contributed by atoms with Crippen LogP contribution in [0.1, 0.15) is 18.1 Å². The van der Waals surface area contributed by atoms with E-state index in [2.05, 4.69) is 10.9 Å². The molecule has 0 saturated heterocycles. The molecule has 0 fully saturated rings. The highest BCUT2D eigenvalue weighted by Crippen LogP contribution is 2.30. The maximum Gasteiger partial charge on any atom is 0.363 e. The van der Waals surface area contributed by atoms with Gasteiger partial charge in [-0.1, -0.05) is 30.2 Å². The Morgan fingerprint density at radius 2 is 1.96 bits per heavy atom. The van der Waals surface area contributed by atoms with Crippen LogP contribution in [0.5, 0.6) is 11.5 Å². The Hall–Kier alpha value is -3.52. The molecule has 1 aliphatic rings. The molecule has 0 atom stereocenters. The first-order valence-corrected chi connectivity index (χ1v) is 8.12. The zero-order chi connectivity index (χ0) is 18.4. The van der Waals surface area contributed by atoms with E-state index < -0.39 is 5.97 Å². The summed E-state index contributed by atoms with van der Waals surface area (Å²) in [5.41, 5.74) is 1.72. The van der Waals surface area contributed by atoms with Gasteiger partial charge in [-0.2, -0.15) is 0 Å². The molecule has 130 valence electrons. The molecule has 0 aromatic heterocycles. The Bertz CT molecular complexity index is 907. The molecule has 1 heterocycles. The number of ether oxygens (including phenoxy) is 3. The van der Waals surface area contributed by atoms with E-state index in [1.807, 2.05) is 37.3 Å². The Balaban J connectivity index is 1.89. The third kappa shape index (κ3) is 3.93. The van der Waals surface area contributed by atoms with E-state index >= 15 is 0 Å². The van der Waals surface area contributed by atoms with Crippen molar-refractivity contribution in [3.8, 4) is 23.8 Å². The summed E-state index contributed by atoms with van der Waals surface area (Å²) in [5, 5.41) is 0. The summed E-state index contributed by atoms with van der Waals surface area (Å²) in [7, 11) is 0. The average Bonchev–Trinajstić information content (AvgIpc) is 3.03. The maximum absolute atomic E-state index is 12.1. The molecular formula is C21H17NO4. The number of benzene rings is 2. The number of hydrogen-bond donors (Lipinski definition) is 0. The third-order valence-electron chi connectivity index (χ3n) is 3.52. The first-order chi connectivity index (χ1) is 12.7. The van der Waals surface area contributed by atoms with Crippen molar-refractivity contribution in [2.45, 2.75) is 6.92 Å². The van der Waals surface area contributed by atoms with Crippen molar-refractivity contribution in [2.24, 2.45) is 4.99 Å². The number of carbonyl (C=O) groups excluding carboxylic acids is 1. The summed E-state index contributed by atoms with van der Waals surface area (Å²) in [5.74, 6) is 3.32. The van der Waals surface area contributed by atoms with Gasteiger partial charge in [0.1, 0.15) is 6.61 Å². The van der Waals surface area contributed by atoms with Gasteiger partial charge in [-0.05, 0) is 42.8 Å². The van der Waals surface area contributed by atoms with Crippen LogP contribution in [0.25, 0.3) is 6.08 Å². The normalized spacial score (nSPS) is 14.5. The van der Waals surface area contributed by atoms with Crippen LogP contribution in [-0.4, -0.2) is 25.1 Å². The molecular weight excluding hydrogens is 330 g/mol. The van der Waals surface area contributed by atoms with Crippen LogP contribution in [0.3, 0.4) is 0 Å². The van der Waals surface area contributed by atoms with Crippen LogP contribution < -0.4 is 9.47 Å². The van der Waals surface area contributed by atoms with Crippen LogP contribution in [0, 0.1) is 12.3 Å². The second kappa shape index (κ2) is 8.04. The summed E-state index contributed by atoms with van der Waals surface area (Å²) in [6.07, 6.45) is 6.87. The van der Waals surface area contributed by atoms with Crippen LogP contribution in [0.15, 0.2) is 59.2 Å². The number of esters is 1. The van der Waals surface area contributed by atoms with E-state index in [0.29, 0.717) is 24.0 Å². The van der Waals surface area contributed by atoms with E-state index in [-0.39, 0.29) is 12.3 Å². The fraction of sp³-hybridized carbons (Fsp3) is 0.143. The standard InChI is InChI=1S/C21H17NO4/c1-3-12-25-18-11-10-15(14-19(18)24-4-2)13-17-21(23)26-20(22-17)16-8-6-5-7-9-16/h1,5-11,13-14H,4,12H2,2H3. The Morgan fingerprint density at radius 1 is 1.15 bits per heavy atom. The van der Waals surface area contributed by atoms with Gasteiger partial charge in [0.15, 0.2) is 17.2 Å². The maximum atomic E-state index is 12.1. The monoisotopic (exact) mass is 347 g/mol. The summed E-state index contributed by atoms with van der Waals surface area (Å²) in [6, 6.07) is 14.6. The number of nitrogens with zero attached hydrogens (tertiary/aromatic N) is 1. The third-order valence-corrected chi connectivity index (χ3v) is 3.52. The topological polar surface area (TPSA) is 57.1 Å². The minimum atomic E-state index is -0.491. The van der Waals surface area contributed by atoms with Gasteiger partial charge in [0.05, 0.1) is 6.61 Å². The minimum absolute atomic E-state index is 0.150. The zero-order valence-corrected chi connectivity index (χ0v) is 14.3. The van der Waals surface area contributed by atoms with Gasteiger partial charge in [-0.15, -0.1) is 6.42 Å². The van der Waals surface area contributed by atoms with Crippen molar-refractivity contribution in [3.05, 3.63) is 65.4 Å². The molecule has 0 saturated carbocycles. The molecule has 1 aliphatic heterocycles. The number of terminal acetylenes is 1. The first kappa shape index (κ1) is 17.3. The van der Waals surface area contributed by atoms with Crippen molar-refractivity contribution in [1.82, 2.24) is 0 Å². The SMILES string of the molecule is C#CCOc1ccc(C=C2N=C(c3ccccc3)OC2=O)cc1OCC. The highest BCUT2D eigenvalue weighted by Gasteiger charge is 2.24. The lowest BCUT2D eigenvalue weighted by Gasteiger charge is -2.10. The van der Waals surface area contributed by atoms with E-state index in [4.69, 9.17) is 20.6 Å². The molecule has 0 radical (unpaired) electrons. The van der Waals surface area contributed by atoms with Gasteiger partial charge in [0, 0.05) is 5.56 Å². The Labute approximate surface area is 151 Å². The summed E-state index contributed by atoms with van der Waals surface area (Å²) < 4.78 is 16.3. The fourth-order valence-electron chi connectivity index (χ4n) is 2.39. The first-order valence-electron chi connectivity index (χ1n) is 8.12. The predicted molar refractivity (Wildman–Crippen MR) is 99.0 cm³/mol. The van der Waals surface area contributed by atoms with Gasteiger partial charge in [0.2, 0.25) is 5.90 Å². The summed E-state index contributed by atoms with van der Waals surface area (Å²) >= 11 is 0. The van der Waals surface area contributed by atoms with Gasteiger partial charge in [0.25, 0.3) is 0 Å². The molecule has 26 heavy (non-hydrogen) atoms. The van der Waals surface area contributed by atoms with E-state index in [1.54, 1.807) is 24.3 Å². The highest BCUT2D eigenvalue weighted by molar-refractivity contribution is 6.12. The van der Waals surface area contributed by atoms with Crippen molar-refractivity contribution in [3.63, 3.8) is 0 Å². The highest BCUT2D eigenvalue weighted by atomic mass is 16.6. The Kier molecular flexibility index (Phi) is 5.35. The summed E-state index contributed by atoms with van der Waals surface area (Å²) in [4.78, 5) is 16.4. The second-order valence-electron chi connectivity index (χ2n) is 5.33. The minimum Gasteiger partial charge on any atom is -0.490 e. The van der Waals surface area contributed by atoms with Gasteiger partial charge >= 0.3 is 5.97 Å². The number of cyclic esters (lactones) is 1. The molecule has 0 spiro atoms. The van der Waals surface area contributed by atoms with Gasteiger partial charge < -0.3 is 14.2 Å². The second-order valence-corrected chi connectivity index (χ2v) is 5.33. The van der Waals surface area contributed by atoms with Crippen molar-refractivity contribution < 1.29 is 19.0 Å².